The van der Waals surface area contributed by atoms with E-state index in [0.29, 0.717) is 57.1 Å². The third kappa shape index (κ3) is 10.8. The van der Waals surface area contributed by atoms with E-state index in [1.54, 1.807) is 39.0 Å². The van der Waals surface area contributed by atoms with E-state index in [2.05, 4.69) is 115 Å². The van der Waals surface area contributed by atoms with Gasteiger partial charge in [0.25, 0.3) is 0 Å². The normalized spacial score (nSPS) is 19.4. The van der Waals surface area contributed by atoms with Gasteiger partial charge in [-0.05, 0) is 96.4 Å². The Morgan fingerprint density at radius 2 is 1.51 bits per heavy atom. The predicted octanol–water partition coefficient (Wildman–Crippen LogP) is 6.42. The maximum absolute atomic E-state index is 13.5. The molecule has 0 saturated carbocycles. The lowest BCUT2D eigenvalue weighted by Crippen LogP contribution is -2.55. The van der Waals surface area contributed by atoms with Crippen molar-refractivity contribution in [1.29, 1.82) is 0 Å². The molecule has 0 radical (unpaired) electrons. The van der Waals surface area contributed by atoms with Gasteiger partial charge in [0.05, 0.1) is 39.7 Å². The molecule has 4 fully saturated rings. The highest BCUT2D eigenvalue weighted by Gasteiger charge is 2.31. The number of carbonyl (C=O) groups is 2. The lowest BCUT2D eigenvalue weighted by molar-refractivity contribution is -0.134. The summed E-state index contributed by atoms with van der Waals surface area (Å²) in [5.41, 5.74) is 7.36. The van der Waals surface area contributed by atoms with Crippen LogP contribution in [0.15, 0.2) is 71.6 Å². The monoisotopic (exact) mass is 992 g/mol. The van der Waals surface area contributed by atoms with Crippen LogP contribution in [0.4, 0.5) is 34.5 Å². The summed E-state index contributed by atoms with van der Waals surface area (Å²) in [6.07, 6.45) is 9.06. The Kier molecular flexibility index (Phi) is 14.4. The van der Waals surface area contributed by atoms with E-state index >= 15 is 0 Å². The number of aryl methyl sites for hydroxylation is 1. The SMILES string of the molecule is CCc1cc(Nc2ncc(Br)c(Nc3ccc4nccnc4c3P(C)(C)=O)n2)c(OC)cc1N1CCC(N2CCN(CCN3CCN(c4ccc(C5CCC(=O)NC5=O)cc4)CC3)CC2)CC1. The predicted molar refractivity (Wildman–Crippen MR) is 271 cm³/mol. The fourth-order valence-corrected chi connectivity index (χ4v) is 11.8. The summed E-state index contributed by atoms with van der Waals surface area (Å²) in [7, 11) is -1.07. The first kappa shape index (κ1) is 46.9. The summed E-state index contributed by atoms with van der Waals surface area (Å²) in [6.45, 7) is 18.4. The number of benzene rings is 3. The molecule has 4 aliphatic heterocycles. The Hall–Kier alpha value is -5.19. The molecule has 67 heavy (non-hydrogen) atoms. The van der Waals surface area contributed by atoms with Gasteiger partial charge in [0.2, 0.25) is 17.8 Å². The molecule has 1 unspecified atom stereocenters. The second-order valence-electron chi connectivity index (χ2n) is 18.4. The fraction of sp³-hybridized carbons (Fsp3) is 0.469. The number of anilines is 6. The zero-order valence-corrected chi connectivity index (χ0v) is 41.5. The van der Waals surface area contributed by atoms with Crippen molar-refractivity contribution in [1.82, 2.24) is 40.0 Å². The van der Waals surface area contributed by atoms with Crippen LogP contribution >= 0.6 is 23.1 Å². The molecule has 3 N–H and O–H groups in total. The molecule has 6 heterocycles. The highest BCUT2D eigenvalue weighted by Crippen LogP contribution is 2.42. The first-order valence-corrected chi connectivity index (χ1v) is 27.0. The summed E-state index contributed by atoms with van der Waals surface area (Å²) in [4.78, 5) is 55.2. The minimum absolute atomic E-state index is 0.175. The number of piperidine rings is 2. The van der Waals surface area contributed by atoms with Gasteiger partial charge in [-0.15, -0.1) is 0 Å². The van der Waals surface area contributed by atoms with Crippen LogP contribution in [-0.4, -0.2) is 151 Å². The molecule has 9 rings (SSSR count). The molecular weight excluding hydrogens is 931 g/mol. The molecule has 2 aromatic heterocycles. The summed E-state index contributed by atoms with van der Waals surface area (Å²) in [6, 6.07) is 17.0. The summed E-state index contributed by atoms with van der Waals surface area (Å²) >= 11 is 3.61. The Labute approximate surface area is 401 Å². The second-order valence-corrected chi connectivity index (χ2v) is 22.4. The molecular formula is C49H62BrN12O4P. The van der Waals surface area contributed by atoms with Gasteiger partial charge in [-0.3, -0.25) is 39.6 Å². The van der Waals surface area contributed by atoms with E-state index in [4.69, 9.17) is 9.72 Å². The van der Waals surface area contributed by atoms with Gasteiger partial charge in [0.15, 0.2) is 0 Å². The lowest BCUT2D eigenvalue weighted by atomic mass is 9.90. The topological polar surface area (TPSA) is 164 Å². The van der Waals surface area contributed by atoms with E-state index < -0.39 is 7.14 Å². The number of hydrogen-bond acceptors (Lipinski definition) is 15. The zero-order valence-electron chi connectivity index (χ0n) is 39.0. The first-order chi connectivity index (χ1) is 32.4. The Bertz CT molecular complexity index is 2630. The van der Waals surface area contributed by atoms with Crippen LogP contribution in [-0.2, 0) is 20.6 Å². The molecule has 354 valence electrons. The molecule has 4 aliphatic rings. The average Bonchev–Trinajstić information content (AvgIpc) is 3.34. The Balaban J connectivity index is 0.746. The average molecular weight is 994 g/mol. The number of methoxy groups -OCH3 is 1. The molecule has 2 amide bonds. The number of carbonyl (C=O) groups excluding carboxylic acids is 2. The number of nitrogens with zero attached hydrogens (tertiary/aromatic N) is 9. The van der Waals surface area contributed by atoms with Gasteiger partial charge in [0, 0.05) is 127 Å². The minimum atomic E-state index is -2.77. The Morgan fingerprint density at radius 1 is 0.806 bits per heavy atom. The largest absolute Gasteiger partial charge is 0.494 e. The van der Waals surface area contributed by atoms with Gasteiger partial charge in [-0.2, -0.15) is 4.98 Å². The van der Waals surface area contributed by atoms with Crippen LogP contribution < -0.4 is 35.8 Å². The van der Waals surface area contributed by atoms with E-state index in [0.717, 1.165) is 115 Å². The number of piperazine rings is 2. The molecule has 4 saturated heterocycles. The highest BCUT2D eigenvalue weighted by atomic mass is 79.9. The van der Waals surface area contributed by atoms with Gasteiger partial charge in [-0.1, -0.05) is 19.1 Å². The van der Waals surface area contributed by atoms with E-state index in [1.807, 2.05) is 12.1 Å². The number of halogens is 1. The van der Waals surface area contributed by atoms with Crippen LogP contribution in [0.5, 0.6) is 5.75 Å². The minimum Gasteiger partial charge on any atom is -0.494 e. The van der Waals surface area contributed by atoms with Crippen molar-refractivity contribution in [3.05, 3.63) is 82.7 Å². The lowest BCUT2D eigenvalue weighted by Gasteiger charge is -2.44. The van der Waals surface area contributed by atoms with Gasteiger partial charge < -0.3 is 29.7 Å². The first-order valence-electron chi connectivity index (χ1n) is 23.6. The number of rotatable bonds is 14. The number of amides is 2. The van der Waals surface area contributed by atoms with Gasteiger partial charge in [-0.25, -0.2) is 4.98 Å². The van der Waals surface area contributed by atoms with Crippen LogP contribution in [0.25, 0.3) is 11.0 Å². The smallest absolute Gasteiger partial charge is 0.234 e. The maximum Gasteiger partial charge on any atom is 0.234 e. The van der Waals surface area contributed by atoms with Crippen molar-refractivity contribution in [2.24, 2.45) is 0 Å². The molecule has 5 aromatic rings. The summed E-state index contributed by atoms with van der Waals surface area (Å²) in [5, 5.41) is 9.92. The fourth-order valence-electron chi connectivity index (χ4n) is 10.2. The maximum atomic E-state index is 13.5. The van der Waals surface area contributed by atoms with Crippen LogP contribution in [0.1, 0.15) is 49.7 Å². The molecule has 18 heteroatoms. The van der Waals surface area contributed by atoms with Crippen molar-refractivity contribution in [2.45, 2.75) is 51.0 Å². The number of ether oxygens (including phenoxy) is 1. The van der Waals surface area contributed by atoms with Crippen molar-refractivity contribution in [3.63, 3.8) is 0 Å². The number of aromatic nitrogens is 4. The van der Waals surface area contributed by atoms with E-state index in [-0.39, 0.29) is 17.7 Å². The van der Waals surface area contributed by atoms with Crippen molar-refractivity contribution in [3.8, 4) is 5.75 Å². The van der Waals surface area contributed by atoms with E-state index in [1.165, 1.54) is 16.9 Å². The molecule has 0 spiro atoms. The molecule has 3 aromatic carbocycles. The van der Waals surface area contributed by atoms with Crippen molar-refractivity contribution < 1.29 is 18.9 Å². The Morgan fingerprint density at radius 3 is 2.18 bits per heavy atom. The van der Waals surface area contributed by atoms with Crippen LogP contribution in [0.3, 0.4) is 0 Å². The van der Waals surface area contributed by atoms with Gasteiger partial charge >= 0.3 is 0 Å². The number of imide groups is 1. The standard InChI is InChI=1S/C49H62BrN12O4P/c1-5-33-30-41(55-49-53-32-38(50)47(57-49)54-40-12-11-39-45(52-17-16-51-39)46(40)67(3,4)65)43(66-2)31-42(33)62-18-14-36(15-19-62)61-28-24-59(25-29-61)21-20-58-22-26-60(27-23-58)35-8-6-34(7-9-35)37-10-13-44(63)56-48(37)64/h6-9,11-12,16-17,30-32,36-37H,5,10,13-15,18-29H2,1-4H3,(H,56,63,64)(H2,53,54,55,57). The number of hydrogen-bond donors (Lipinski definition) is 3. The van der Waals surface area contributed by atoms with Gasteiger partial charge in [0.1, 0.15) is 24.2 Å². The quantitative estimate of drug-likeness (QED) is 0.0825. The zero-order chi connectivity index (χ0) is 46.7. The summed E-state index contributed by atoms with van der Waals surface area (Å²) in [5.74, 6) is 1.04. The number of fused-ring (bicyclic) bond motifs is 1. The second kappa shape index (κ2) is 20.6. The third-order valence-corrected chi connectivity index (χ3v) is 16.0. The summed E-state index contributed by atoms with van der Waals surface area (Å²) < 4.78 is 20.2. The molecule has 1 atom stereocenters. The molecule has 0 bridgehead atoms. The third-order valence-electron chi connectivity index (χ3n) is 13.9. The van der Waals surface area contributed by atoms with Crippen molar-refractivity contribution in [2.75, 3.05) is 119 Å². The molecule has 0 aliphatic carbocycles. The molecule has 16 nitrogen and oxygen atoms in total. The van der Waals surface area contributed by atoms with Crippen LogP contribution in [0.2, 0.25) is 0 Å². The van der Waals surface area contributed by atoms with Crippen LogP contribution in [0, 0.1) is 0 Å². The van der Waals surface area contributed by atoms with E-state index in [9.17, 15) is 14.2 Å². The van der Waals surface area contributed by atoms with Crippen molar-refractivity contribution >= 4 is 85.7 Å². The highest BCUT2D eigenvalue weighted by molar-refractivity contribution is 9.10. The number of nitrogens with one attached hydrogen (secondary N) is 3.